The number of nitrogens with zero attached hydrogens (tertiary/aromatic N) is 2. The molecule has 0 amide bonds. The van der Waals surface area contributed by atoms with Crippen LogP contribution in [-0.2, 0) is 0 Å². The summed E-state index contributed by atoms with van der Waals surface area (Å²) < 4.78 is 0. The van der Waals surface area contributed by atoms with E-state index in [1.165, 1.54) is 51.7 Å². The van der Waals surface area contributed by atoms with E-state index in [1.54, 1.807) is 0 Å². The van der Waals surface area contributed by atoms with Crippen LogP contribution in [0.25, 0.3) is 0 Å². The van der Waals surface area contributed by atoms with Crippen LogP contribution in [0.4, 0.5) is 0 Å². The van der Waals surface area contributed by atoms with E-state index in [0.29, 0.717) is 5.41 Å². The molecule has 2 fully saturated rings. The number of rotatable bonds is 6. The van der Waals surface area contributed by atoms with Crippen molar-refractivity contribution in [1.82, 2.24) is 15.5 Å². The summed E-state index contributed by atoms with van der Waals surface area (Å²) in [7, 11) is 1.88. The Balaban J connectivity index is 1.68. The molecule has 0 aromatic carbocycles. The van der Waals surface area contributed by atoms with Crippen molar-refractivity contribution in [3.63, 3.8) is 0 Å². The van der Waals surface area contributed by atoms with Crippen molar-refractivity contribution in [1.29, 1.82) is 0 Å². The van der Waals surface area contributed by atoms with Crippen molar-refractivity contribution in [3.05, 3.63) is 0 Å². The lowest BCUT2D eigenvalue weighted by Crippen LogP contribution is -2.47. The van der Waals surface area contributed by atoms with Gasteiger partial charge in [0.1, 0.15) is 0 Å². The van der Waals surface area contributed by atoms with Gasteiger partial charge in [0.05, 0.1) is 0 Å². The normalized spacial score (nSPS) is 26.4. The molecule has 0 aromatic heterocycles. The standard InChI is InChI=1S/C16H32N4/c1-4-16(8-6-9-16)13-19-15(17-3)18-11-14-7-10-20(5-2)12-14/h14H,4-13H2,1-3H3,(H2,17,18,19). The lowest BCUT2D eigenvalue weighted by atomic mass is 9.67. The third-order valence-electron chi connectivity index (χ3n) is 5.39. The van der Waals surface area contributed by atoms with Gasteiger partial charge in [0.2, 0.25) is 0 Å². The first-order chi connectivity index (χ1) is 9.71. The SMILES string of the molecule is CCN1CCC(CNC(=NC)NCC2(CC)CCC2)C1. The van der Waals surface area contributed by atoms with Crippen molar-refractivity contribution < 1.29 is 0 Å². The molecule has 1 saturated carbocycles. The summed E-state index contributed by atoms with van der Waals surface area (Å²) in [5, 5.41) is 7.05. The smallest absolute Gasteiger partial charge is 0.191 e. The maximum Gasteiger partial charge on any atom is 0.191 e. The second kappa shape index (κ2) is 7.30. The minimum Gasteiger partial charge on any atom is -0.356 e. The van der Waals surface area contributed by atoms with Gasteiger partial charge in [0.25, 0.3) is 0 Å². The first kappa shape index (κ1) is 15.6. The van der Waals surface area contributed by atoms with E-state index >= 15 is 0 Å². The van der Waals surface area contributed by atoms with Crippen molar-refractivity contribution >= 4 is 5.96 Å². The highest BCUT2D eigenvalue weighted by molar-refractivity contribution is 5.79. The van der Waals surface area contributed by atoms with Crippen LogP contribution in [0.15, 0.2) is 4.99 Å². The molecular formula is C16H32N4. The van der Waals surface area contributed by atoms with Crippen LogP contribution >= 0.6 is 0 Å². The van der Waals surface area contributed by atoms with Gasteiger partial charge in [-0.25, -0.2) is 0 Å². The molecule has 2 rings (SSSR count). The Morgan fingerprint density at radius 3 is 2.60 bits per heavy atom. The van der Waals surface area contributed by atoms with Gasteiger partial charge in [-0.05, 0) is 50.1 Å². The van der Waals surface area contributed by atoms with Crippen molar-refractivity contribution in [2.24, 2.45) is 16.3 Å². The van der Waals surface area contributed by atoms with E-state index in [0.717, 1.165) is 25.0 Å². The van der Waals surface area contributed by atoms with Crippen molar-refractivity contribution in [2.45, 2.75) is 46.0 Å². The molecule has 0 radical (unpaired) electrons. The largest absolute Gasteiger partial charge is 0.356 e. The summed E-state index contributed by atoms with van der Waals surface area (Å²) in [5.41, 5.74) is 0.546. The Kier molecular flexibility index (Phi) is 5.70. The van der Waals surface area contributed by atoms with Gasteiger partial charge in [0.15, 0.2) is 5.96 Å². The molecule has 20 heavy (non-hydrogen) atoms. The third kappa shape index (κ3) is 3.87. The van der Waals surface area contributed by atoms with Crippen LogP contribution < -0.4 is 10.6 Å². The van der Waals surface area contributed by atoms with Crippen LogP contribution in [0, 0.1) is 11.3 Å². The highest BCUT2D eigenvalue weighted by Crippen LogP contribution is 2.42. The fraction of sp³-hybridized carbons (Fsp3) is 0.938. The maximum atomic E-state index is 4.36. The molecule has 2 N–H and O–H groups in total. The quantitative estimate of drug-likeness (QED) is 0.578. The zero-order valence-corrected chi connectivity index (χ0v) is 13.5. The van der Waals surface area contributed by atoms with Crippen molar-refractivity contribution in [3.8, 4) is 0 Å². The minimum absolute atomic E-state index is 0.546. The van der Waals surface area contributed by atoms with E-state index in [2.05, 4.69) is 34.4 Å². The van der Waals surface area contributed by atoms with E-state index in [1.807, 2.05) is 7.05 Å². The minimum atomic E-state index is 0.546. The second-order valence-corrected chi connectivity index (χ2v) is 6.56. The molecule has 0 spiro atoms. The third-order valence-corrected chi connectivity index (χ3v) is 5.39. The van der Waals surface area contributed by atoms with Gasteiger partial charge in [-0.2, -0.15) is 0 Å². The Morgan fingerprint density at radius 2 is 2.10 bits per heavy atom. The molecule has 4 heteroatoms. The number of guanidine groups is 1. The molecule has 0 bridgehead atoms. The van der Waals surface area contributed by atoms with Crippen LogP contribution in [0.1, 0.15) is 46.0 Å². The summed E-state index contributed by atoms with van der Waals surface area (Å²) in [6, 6.07) is 0. The lowest BCUT2D eigenvalue weighted by molar-refractivity contribution is 0.131. The summed E-state index contributed by atoms with van der Waals surface area (Å²) in [6.45, 7) is 10.4. The molecule has 4 nitrogen and oxygen atoms in total. The highest BCUT2D eigenvalue weighted by atomic mass is 15.2. The summed E-state index contributed by atoms with van der Waals surface area (Å²) >= 11 is 0. The summed E-state index contributed by atoms with van der Waals surface area (Å²) in [4.78, 5) is 6.90. The fourth-order valence-electron chi connectivity index (χ4n) is 3.43. The molecule has 1 aliphatic carbocycles. The Morgan fingerprint density at radius 1 is 1.30 bits per heavy atom. The monoisotopic (exact) mass is 280 g/mol. The molecular weight excluding hydrogens is 248 g/mol. The van der Waals surface area contributed by atoms with Gasteiger partial charge in [-0.15, -0.1) is 0 Å². The predicted molar refractivity (Wildman–Crippen MR) is 86.2 cm³/mol. The van der Waals surface area contributed by atoms with Gasteiger partial charge in [-0.3, -0.25) is 4.99 Å². The van der Waals surface area contributed by atoms with Gasteiger partial charge >= 0.3 is 0 Å². The van der Waals surface area contributed by atoms with Crippen LogP contribution in [0.2, 0.25) is 0 Å². The van der Waals surface area contributed by atoms with Gasteiger partial charge in [0, 0.05) is 26.7 Å². The predicted octanol–water partition coefficient (Wildman–Crippen LogP) is 2.07. The van der Waals surface area contributed by atoms with E-state index in [-0.39, 0.29) is 0 Å². The number of likely N-dealkylation sites (tertiary alicyclic amines) is 1. The number of aliphatic imine (C=N–C) groups is 1. The zero-order chi connectivity index (χ0) is 14.4. The average molecular weight is 280 g/mol. The molecule has 2 aliphatic rings. The molecule has 1 heterocycles. The number of nitrogens with one attached hydrogen (secondary N) is 2. The van der Waals surface area contributed by atoms with E-state index < -0.39 is 0 Å². The molecule has 0 aromatic rings. The molecule has 1 aliphatic heterocycles. The van der Waals surface area contributed by atoms with Crippen LogP contribution in [-0.4, -0.2) is 50.6 Å². The van der Waals surface area contributed by atoms with Crippen molar-refractivity contribution in [2.75, 3.05) is 39.8 Å². The second-order valence-electron chi connectivity index (χ2n) is 6.56. The maximum absolute atomic E-state index is 4.36. The Labute approximate surface area is 124 Å². The molecule has 1 atom stereocenters. The van der Waals surface area contributed by atoms with Crippen LogP contribution in [0.3, 0.4) is 0 Å². The Bertz CT molecular complexity index is 317. The lowest BCUT2D eigenvalue weighted by Gasteiger charge is -2.41. The fourth-order valence-corrected chi connectivity index (χ4v) is 3.43. The topological polar surface area (TPSA) is 39.7 Å². The van der Waals surface area contributed by atoms with Gasteiger partial charge in [-0.1, -0.05) is 20.3 Å². The Hall–Kier alpha value is -0.770. The molecule has 1 saturated heterocycles. The van der Waals surface area contributed by atoms with Gasteiger partial charge < -0.3 is 15.5 Å². The summed E-state index contributed by atoms with van der Waals surface area (Å²) in [5.74, 6) is 1.76. The molecule has 1 unspecified atom stereocenters. The van der Waals surface area contributed by atoms with Crippen LogP contribution in [0.5, 0.6) is 0 Å². The highest BCUT2D eigenvalue weighted by Gasteiger charge is 2.34. The number of hydrogen-bond acceptors (Lipinski definition) is 2. The van der Waals surface area contributed by atoms with E-state index in [9.17, 15) is 0 Å². The summed E-state index contributed by atoms with van der Waals surface area (Å²) in [6.07, 6.45) is 6.75. The zero-order valence-electron chi connectivity index (χ0n) is 13.5. The van der Waals surface area contributed by atoms with E-state index in [4.69, 9.17) is 0 Å². The first-order valence-electron chi connectivity index (χ1n) is 8.38. The average Bonchev–Trinajstić information content (AvgIpc) is 2.89. The first-order valence-corrected chi connectivity index (χ1v) is 8.38. The molecule has 116 valence electrons. The number of hydrogen-bond donors (Lipinski definition) is 2.